The molecule has 2 nitrogen and oxygen atoms in total. The highest BCUT2D eigenvalue weighted by Gasteiger charge is 2.20. The summed E-state index contributed by atoms with van der Waals surface area (Å²) in [6, 6.07) is 3.90. The van der Waals surface area contributed by atoms with E-state index in [0.717, 1.165) is 0 Å². The van der Waals surface area contributed by atoms with Crippen molar-refractivity contribution < 1.29 is 9.18 Å². The highest BCUT2D eigenvalue weighted by molar-refractivity contribution is 6.33. The number of amides is 1. The van der Waals surface area contributed by atoms with Crippen molar-refractivity contribution in [1.82, 2.24) is 4.90 Å². The molecule has 0 spiro atoms. The van der Waals surface area contributed by atoms with Gasteiger partial charge in [-0.2, -0.15) is 0 Å². The Morgan fingerprint density at radius 2 is 1.74 bits per heavy atom. The van der Waals surface area contributed by atoms with Crippen molar-refractivity contribution in [2.45, 2.75) is 27.7 Å². The van der Waals surface area contributed by atoms with Crippen LogP contribution in [-0.2, 0) is 0 Å². The number of carbonyl (C=O) groups is 1. The second-order valence-corrected chi connectivity index (χ2v) is 6.03. The molecule has 19 heavy (non-hydrogen) atoms. The van der Waals surface area contributed by atoms with Gasteiger partial charge in [0.15, 0.2) is 0 Å². The molecule has 0 unspecified atom stereocenters. The Morgan fingerprint density at radius 3 is 2.16 bits per heavy atom. The van der Waals surface area contributed by atoms with Crippen LogP contribution >= 0.6 is 11.6 Å². The molecule has 0 N–H and O–H groups in total. The van der Waals surface area contributed by atoms with Gasteiger partial charge in [0.2, 0.25) is 0 Å². The Bertz CT molecular complexity index is 436. The SMILES string of the molecule is CC(C)CN(CC(C)C)C(=O)c1ccc(F)cc1Cl. The van der Waals surface area contributed by atoms with Gasteiger partial charge in [0.05, 0.1) is 10.6 Å². The Hall–Kier alpha value is -1.09. The Kier molecular flexibility index (Phi) is 5.80. The maximum atomic E-state index is 13.0. The van der Waals surface area contributed by atoms with Crippen molar-refractivity contribution in [1.29, 1.82) is 0 Å². The first-order valence-corrected chi connectivity index (χ1v) is 6.93. The summed E-state index contributed by atoms with van der Waals surface area (Å²) in [4.78, 5) is 14.3. The summed E-state index contributed by atoms with van der Waals surface area (Å²) in [6.07, 6.45) is 0. The number of rotatable bonds is 5. The Labute approximate surface area is 119 Å². The molecule has 106 valence electrons. The maximum absolute atomic E-state index is 13.0. The minimum Gasteiger partial charge on any atom is -0.338 e. The summed E-state index contributed by atoms with van der Waals surface area (Å²) in [5.74, 6) is 0.192. The molecule has 0 saturated heterocycles. The van der Waals surface area contributed by atoms with Gasteiger partial charge >= 0.3 is 0 Å². The van der Waals surface area contributed by atoms with Gasteiger partial charge in [0.25, 0.3) is 5.91 Å². The first-order valence-electron chi connectivity index (χ1n) is 6.55. The third-order valence-electron chi connectivity index (χ3n) is 2.62. The van der Waals surface area contributed by atoms with E-state index in [2.05, 4.69) is 27.7 Å². The van der Waals surface area contributed by atoms with Crippen molar-refractivity contribution in [3.8, 4) is 0 Å². The van der Waals surface area contributed by atoms with E-state index in [0.29, 0.717) is 30.5 Å². The van der Waals surface area contributed by atoms with Crippen LogP contribution in [0.5, 0.6) is 0 Å². The molecule has 0 heterocycles. The molecule has 0 atom stereocenters. The van der Waals surface area contributed by atoms with Gasteiger partial charge in [0.1, 0.15) is 5.82 Å². The average molecular weight is 286 g/mol. The fourth-order valence-corrected chi connectivity index (χ4v) is 2.20. The van der Waals surface area contributed by atoms with Gasteiger partial charge in [-0.15, -0.1) is 0 Å². The summed E-state index contributed by atoms with van der Waals surface area (Å²) in [6.45, 7) is 9.59. The lowest BCUT2D eigenvalue weighted by atomic mass is 10.1. The zero-order chi connectivity index (χ0) is 14.6. The molecule has 0 aliphatic rings. The second kappa shape index (κ2) is 6.90. The Morgan fingerprint density at radius 1 is 1.21 bits per heavy atom. The van der Waals surface area contributed by atoms with E-state index in [4.69, 9.17) is 11.6 Å². The fraction of sp³-hybridized carbons (Fsp3) is 0.533. The van der Waals surface area contributed by atoms with Gasteiger partial charge < -0.3 is 4.90 Å². The van der Waals surface area contributed by atoms with Crippen LogP contribution in [0.1, 0.15) is 38.1 Å². The topological polar surface area (TPSA) is 20.3 Å². The minimum atomic E-state index is -0.430. The van der Waals surface area contributed by atoms with E-state index in [-0.39, 0.29) is 10.9 Å². The molecule has 1 aromatic rings. The molecule has 1 rings (SSSR count). The van der Waals surface area contributed by atoms with Gasteiger partial charge in [-0.25, -0.2) is 4.39 Å². The number of carbonyl (C=O) groups excluding carboxylic acids is 1. The number of nitrogens with zero attached hydrogens (tertiary/aromatic N) is 1. The molecule has 0 aromatic heterocycles. The van der Waals surface area contributed by atoms with Crippen LogP contribution in [0, 0.1) is 17.7 Å². The smallest absolute Gasteiger partial charge is 0.255 e. The van der Waals surface area contributed by atoms with Crippen LogP contribution in [0.4, 0.5) is 4.39 Å². The molecule has 4 heteroatoms. The summed E-state index contributed by atoms with van der Waals surface area (Å²) in [5, 5.41) is 0.169. The largest absolute Gasteiger partial charge is 0.338 e. The standard InChI is InChI=1S/C15H21ClFNO/c1-10(2)8-18(9-11(3)4)15(19)13-6-5-12(17)7-14(13)16/h5-7,10-11H,8-9H2,1-4H3. The highest BCUT2D eigenvalue weighted by atomic mass is 35.5. The second-order valence-electron chi connectivity index (χ2n) is 5.62. The first kappa shape index (κ1) is 16.0. The first-order chi connectivity index (χ1) is 8.81. The molecule has 0 saturated carbocycles. The zero-order valence-electron chi connectivity index (χ0n) is 11.9. The number of hydrogen-bond donors (Lipinski definition) is 0. The molecule has 0 fully saturated rings. The van der Waals surface area contributed by atoms with Crippen LogP contribution in [-0.4, -0.2) is 23.9 Å². The van der Waals surface area contributed by atoms with E-state index >= 15 is 0 Å². The quantitative estimate of drug-likeness (QED) is 0.793. The van der Waals surface area contributed by atoms with Crippen molar-refractivity contribution in [3.63, 3.8) is 0 Å². The molecule has 0 bridgehead atoms. The normalized spacial score (nSPS) is 11.2. The lowest BCUT2D eigenvalue weighted by molar-refractivity contribution is 0.0715. The number of hydrogen-bond acceptors (Lipinski definition) is 1. The van der Waals surface area contributed by atoms with Crippen molar-refractivity contribution in [2.24, 2.45) is 11.8 Å². The molecular weight excluding hydrogens is 265 g/mol. The third kappa shape index (κ3) is 4.83. The summed E-state index contributed by atoms with van der Waals surface area (Å²) < 4.78 is 13.0. The van der Waals surface area contributed by atoms with E-state index in [1.54, 1.807) is 4.90 Å². The highest BCUT2D eigenvalue weighted by Crippen LogP contribution is 2.20. The summed E-state index contributed by atoms with van der Waals surface area (Å²) in [7, 11) is 0. The zero-order valence-corrected chi connectivity index (χ0v) is 12.7. The predicted octanol–water partition coefficient (Wildman–Crippen LogP) is 4.23. The molecule has 1 aromatic carbocycles. The summed E-state index contributed by atoms with van der Waals surface area (Å²) in [5.41, 5.74) is 0.365. The van der Waals surface area contributed by atoms with Gasteiger partial charge in [-0.3, -0.25) is 4.79 Å². The van der Waals surface area contributed by atoms with Crippen LogP contribution in [0.25, 0.3) is 0 Å². The summed E-state index contributed by atoms with van der Waals surface area (Å²) >= 11 is 5.95. The molecule has 0 radical (unpaired) electrons. The third-order valence-corrected chi connectivity index (χ3v) is 2.93. The van der Waals surface area contributed by atoms with Gasteiger partial charge in [0, 0.05) is 13.1 Å². The lowest BCUT2D eigenvalue weighted by Crippen LogP contribution is -2.37. The number of halogens is 2. The average Bonchev–Trinajstić information content (AvgIpc) is 2.26. The van der Waals surface area contributed by atoms with E-state index in [1.807, 2.05) is 0 Å². The number of benzene rings is 1. The van der Waals surface area contributed by atoms with Crippen molar-refractivity contribution in [3.05, 3.63) is 34.6 Å². The van der Waals surface area contributed by atoms with Crippen LogP contribution < -0.4 is 0 Å². The maximum Gasteiger partial charge on any atom is 0.255 e. The van der Waals surface area contributed by atoms with Crippen LogP contribution in [0.3, 0.4) is 0 Å². The van der Waals surface area contributed by atoms with Crippen LogP contribution in [0.2, 0.25) is 5.02 Å². The van der Waals surface area contributed by atoms with Crippen molar-refractivity contribution in [2.75, 3.05) is 13.1 Å². The van der Waals surface area contributed by atoms with E-state index in [9.17, 15) is 9.18 Å². The van der Waals surface area contributed by atoms with Gasteiger partial charge in [-0.05, 0) is 30.0 Å². The monoisotopic (exact) mass is 285 g/mol. The predicted molar refractivity (Wildman–Crippen MR) is 77.0 cm³/mol. The van der Waals surface area contributed by atoms with Crippen LogP contribution in [0.15, 0.2) is 18.2 Å². The van der Waals surface area contributed by atoms with E-state index in [1.165, 1.54) is 18.2 Å². The molecule has 0 aliphatic heterocycles. The lowest BCUT2D eigenvalue weighted by Gasteiger charge is -2.26. The minimum absolute atomic E-state index is 0.132. The van der Waals surface area contributed by atoms with Crippen molar-refractivity contribution >= 4 is 17.5 Å². The Balaban J connectivity index is 2.97. The van der Waals surface area contributed by atoms with Gasteiger partial charge in [-0.1, -0.05) is 39.3 Å². The molecule has 0 aliphatic carbocycles. The fourth-order valence-electron chi connectivity index (χ4n) is 1.96. The van der Waals surface area contributed by atoms with E-state index < -0.39 is 5.82 Å². The molecular formula is C15H21ClFNO. The molecule has 1 amide bonds.